The van der Waals surface area contributed by atoms with Gasteiger partial charge in [-0.15, -0.1) is 0 Å². The van der Waals surface area contributed by atoms with Gasteiger partial charge in [0.2, 0.25) is 0 Å². The molecule has 2 atom stereocenters. The Morgan fingerprint density at radius 2 is 2.31 bits per heavy atom. The summed E-state index contributed by atoms with van der Waals surface area (Å²) in [5.41, 5.74) is 0. The lowest BCUT2D eigenvalue weighted by atomic mass is 10.1. The number of nitrogens with zero attached hydrogens (tertiary/aromatic N) is 1. The largest absolute Gasteiger partial charge is 0.489 e. The van der Waals surface area contributed by atoms with Crippen molar-refractivity contribution in [3.05, 3.63) is 11.8 Å². The van der Waals surface area contributed by atoms with E-state index in [0.717, 1.165) is 25.0 Å². The zero-order valence-electron chi connectivity index (χ0n) is 10.5. The second kappa shape index (κ2) is 5.62. The lowest BCUT2D eigenvalue weighted by Crippen LogP contribution is -2.22. The molecule has 0 bridgehead atoms. The van der Waals surface area contributed by atoms with E-state index in [1.807, 2.05) is 20.8 Å². The van der Waals surface area contributed by atoms with Gasteiger partial charge in [0, 0.05) is 6.42 Å². The van der Waals surface area contributed by atoms with Crippen LogP contribution >= 0.6 is 0 Å². The Morgan fingerprint density at radius 1 is 1.62 bits per heavy atom. The van der Waals surface area contributed by atoms with Gasteiger partial charge >= 0.3 is 0 Å². The Morgan fingerprint density at radius 3 is 2.88 bits per heavy atom. The van der Waals surface area contributed by atoms with Crippen molar-refractivity contribution in [2.24, 2.45) is 4.40 Å². The van der Waals surface area contributed by atoms with E-state index in [-0.39, 0.29) is 10.9 Å². The fourth-order valence-electron chi connectivity index (χ4n) is 1.32. The fourth-order valence-corrected chi connectivity index (χ4v) is 1.89. The Kier molecular flexibility index (Phi) is 4.71. The van der Waals surface area contributed by atoms with Gasteiger partial charge in [0.05, 0.1) is 16.7 Å². The summed E-state index contributed by atoms with van der Waals surface area (Å²) in [5, 5.41) is 0. The van der Waals surface area contributed by atoms with Crippen LogP contribution in [-0.4, -0.2) is 21.3 Å². The van der Waals surface area contributed by atoms with Crippen LogP contribution in [0.15, 0.2) is 16.2 Å². The molecule has 0 fully saturated rings. The van der Waals surface area contributed by atoms with Crippen molar-refractivity contribution in [1.29, 1.82) is 0 Å². The Labute approximate surface area is 101 Å². The van der Waals surface area contributed by atoms with Crippen LogP contribution in [0.5, 0.6) is 0 Å². The van der Waals surface area contributed by atoms with Crippen LogP contribution < -0.4 is 0 Å². The van der Waals surface area contributed by atoms with Crippen molar-refractivity contribution >= 4 is 17.2 Å². The SMILES string of the molecule is CCC1=CCC[C@@H](/C=N/S(=O)C(C)(C)C)O1. The van der Waals surface area contributed by atoms with Gasteiger partial charge < -0.3 is 4.74 Å². The van der Waals surface area contributed by atoms with Crippen LogP contribution in [-0.2, 0) is 15.7 Å². The van der Waals surface area contributed by atoms with Gasteiger partial charge in [-0.3, -0.25) is 0 Å². The minimum atomic E-state index is -1.18. The molecule has 0 spiro atoms. The van der Waals surface area contributed by atoms with Crippen LogP contribution in [0.3, 0.4) is 0 Å². The molecule has 4 heteroatoms. The summed E-state index contributed by atoms with van der Waals surface area (Å²) in [6.45, 7) is 7.82. The summed E-state index contributed by atoms with van der Waals surface area (Å²) in [5.74, 6) is 1.02. The van der Waals surface area contributed by atoms with E-state index in [1.165, 1.54) is 0 Å². The molecule has 0 aliphatic carbocycles. The summed E-state index contributed by atoms with van der Waals surface area (Å²) >= 11 is 0. The van der Waals surface area contributed by atoms with Gasteiger partial charge in [0.15, 0.2) is 0 Å². The van der Waals surface area contributed by atoms with E-state index in [4.69, 9.17) is 4.74 Å². The predicted octanol–water partition coefficient (Wildman–Crippen LogP) is 2.99. The third-order valence-corrected chi connectivity index (χ3v) is 3.68. The first-order valence-corrected chi connectivity index (χ1v) is 6.86. The van der Waals surface area contributed by atoms with Crippen molar-refractivity contribution in [3.8, 4) is 0 Å². The van der Waals surface area contributed by atoms with Gasteiger partial charge in [-0.05, 0) is 39.7 Å². The van der Waals surface area contributed by atoms with Gasteiger partial charge in [0.25, 0.3) is 0 Å². The van der Waals surface area contributed by atoms with Crippen molar-refractivity contribution in [2.45, 2.75) is 57.8 Å². The summed E-state index contributed by atoms with van der Waals surface area (Å²) in [6, 6.07) is 0. The first kappa shape index (κ1) is 13.4. The van der Waals surface area contributed by atoms with Gasteiger partial charge in [-0.25, -0.2) is 4.21 Å². The van der Waals surface area contributed by atoms with Crippen LogP contribution in [0.1, 0.15) is 47.0 Å². The van der Waals surface area contributed by atoms with Gasteiger partial charge in [0.1, 0.15) is 17.1 Å². The highest BCUT2D eigenvalue weighted by Crippen LogP contribution is 2.18. The molecule has 1 heterocycles. The molecule has 0 radical (unpaired) electrons. The van der Waals surface area contributed by atoms with Gasteiger partial charge in [-0.1, -0.05) is 6.92 Å². The molecule has 0 saturated carbocycles. The molecule has 0 amide bonds. The number of ether oxygens (including phenoxy) is 1. The maximum Gasteiger partial charge on any atom is 0.144 e. The maximum atomic E-state index is 11.7. The number of allylic oxidation sites excluding steroid dienone is 2. The molecule has 1 unspecified atom stereocenters. The third-order valence-electron chi connectivity index (χ3n) is 2.32. The van der Waals surface area contributed by atoms with Crippen LogP contribution in [0.4, 0.5) is 0 Å². The highest BCUT2D eigenvalue weighted by molar-refractivity contribution is 7.85. The molecule has 0 N–H and O–H groups in total. The van der Waals surface area contributed by atoms with Crippen LogP contribution in [0.25, 0.3) is 0 Å². The van der Waals surface area contributed by atoms with E-state index in [1.54, 1.807) is 6.21 Å². The number of hydrogen-bond donors (Lipinski definition) is 0. The molecule has 0 aromatic heterocycles. The summed E-state index contributed by atoms with van der Waals surface area (Å²) in [4.78, 5) is 0. The first-order valence-electron chi connectivity index (χ1n) is 5.75. The molecule has 1 aliphatic rings. The molecule has 92 valence electrons. The van der Waals surface area contributed by atoms with E-state index in [2.05, 4.69) is 17.4 Å². The minimum Gasteiger partial charge on any atom is -0.489 e. The normalized spacial score (nSPS) is 24.0. The van der Waals surface area contributed by atoms with E-state index in [0.29, 0.717) is 0 Å². The van der Waals surface area contributed by atoms with Crippen molar-refractivity contribution in [3.63, 3.8) is 0 Å². The second-order valence-electron chi connectivity index (χ2n) is 4.87. The highest BCUT2D eigenvalue weighted by Gasteiger charge is 2.19. The van der Waals surface area contributed by atoms with Gasteiger partial charge in [-0.2, -0.15) is 4.40 Å². The van der Waals surface area contributed by atoms with Crippen molar-refractivity contribution < 1.29 is 8.95 Å². The van der Waals surface area contributed by atoms with Crippen molar-refractivity contribution in [2.75, 3.05) is 0 Å². The second-order valence-corrected chi connectivity index (χ2v) is 6.81. The number of rotatable bonds is 3. The molecular formula is C12H21NO2S. The van der Waals surface area contributed by atoms with E-state index >= 15 is 0 Å². The average molecular weight is 243 g/mol. The Bertz CT molecular complexity index is 315. The highest BCUT2D eigenvalue weighted by atomic mass is 32.2. The zero-order valence-corrected chi connectivity index (χ0v) is 11.3. The Hall–Kier alpha value is -0.640. The summed E-state index contributed by atoms with van der Waals surface area (Å²) in [6.07, 6.45) is 6.66. The molecule has 0 aromatic rings. The topological polar surface area (TPSA) is 38.7 Å². The molecular weight excluding hydrogens is 222 g/mol. The molecule has 3 nitrogen and oxygen atoms in total. The minimum absolute atomic E-state index is 0.00810. The molecule has 1 rings (SSSR count). The maximum absolute atomic E-state index is 11.7. The third kappa shape index (κ3) is 4.08. The smallest absolute Gasteiger partial charge is 0.144 e. The monoisotopic (exact) mass is 243 g/mol. The quantitative estimate of drug-likeness (QED) is 0.715. The van der Waals surface area contributed by atoms with Crippen molar-refractivity contribution in [1.82, 2.24) is 0 Å². The van der Waals surface area contributed by atoms with E-state index < -0.39 is 11.0 Å². The zero-order chi connectivity index (χ0) is 12.2. The van der Waals surface area contributed by atoms with Crippen LogP contribution in [0.2, 0.25) is 0 Å². The average Bonchev–Trinajstić information content (AvgIpc) is 2.25. The van der Waals surface area contributed by atoms with E-state index in [9.17, 15) is 4.21 Å². The standard InChI is InChI=1S/C12H21NO2S/c1-5-10-7-6-8-11(15-10)9-13-16(14)12(2,3)4/h7,9,11H,5-6,8H2,1-4H3/b13-9+/t11-,16?/m0/s1. The predicted molar refractivity (Wildman–Crippen MR) is 68.9 cm³/mol. The molecule has 1 aliphatic heterocycles. The number of hydrogen-bond acceptors (Lipinski definition) is 2. The first-order chi connectivity index (χ1) is 7.43. The van der Waals surface area contributed by atoms with Crippen LogP contribution in [0, 0.1) is 0 Å². The Balaban J connectivity index is 2.53. The molecule has 0 aromatic carbocycles. The lowest BCUT2D eigenvalue weighted by Gasteiger charge is -2.21. The fraction of sp³-hybridized carbons (Fsp3) is 0.750. The summed E-state index contributed by atoms with van der Waals surface area (Å²) in [7, 11) is -1.18. The lowest BCUT2D eigenvalue weighted by molar-refractivity contribution is 0.145. The molecule has 0 saturated heterocycles. The molecule has 16 heavy (non-hydrogen) atoms. The summed E-state index contributed by atoms with van der Waals surface area (Å²) < 4.78 is 21.2.